The molecular weight excluding hydrogens is 865 g/mol. The lowest BCUT2D eigenvalue weighted by Crippen LogP contribution is -2.61. The van der Waals surface area contributed by atoms with Crippen LogP contribution < -0.4 is 0 Å². The number of esters is 2. The Balaban J connectivity index is 1.83. The number of aliphatic hydroxyl groups excluding tert-OH is 7. The molecule has 15 heteroatoms. The molecule has 0 aromatic carbocycles. The van der Waals surface area contributed by atoms with Crippen LogP contribution in [0.15, 0.2) is 60.8 Å². The SMILES string of the molecule is CC/C=C\C/C=C\C/C=C\CCCCCCCC(=O)O[C@H](COC(=O)CCCCCCCC/C=C\C/C=C\CCCCC)CO[C@@H]1O[C@H](CO[C@H]2O[C@H](CO)[C@H](O)[C@H](O)[C@H]2O)[C@H](O)[C@H](O)[C@H]1O. The van der Waals surface area contributed by atoms with Gasteiger partial charge in [0, 0.05) is 12.8 Å². The molecule has 0 saturated carbocycles. The van der Waals surface area contributed by atoms with E-state index < -0.39 is 99.3 Å². The highest BCUT2D eigenvalue weighted by atomic mass is 16.7. The van der Waals surface area contributed by atoms with Gasteiger partial charge >= 0.3 is 11.9 Å². The Kier molecular flexibility index (Phi) is 35.1. The molecule has 0 spiro atoms. The summed E-state index contributed by atoms with van der Waals surface area (Å²) in [4.78, 5) is 25.7. The van der Waals surface area contributed by atoms with Gasteiger partial charge in [0.05, 0.1) is 19.8 Å². The molecule has 386 valence electrons. The fourth-order valence-electron chi connectivity index (χ4n) is 7.55. The Labute approximate surface area is 400 Å². The topological polar surface area (TPSA) is 231 Å². The molecule has 0 bridgehead atoms. The van der Waals surface area contributed by atoms with Gasteiger partial charge < -0.3 is 64.2 Å². The predicted octanol–water partition coefficient (Wildman–Crippen LogP) is 6.88. The molecule has 11 atom stereocenters. The lowest BCUT2D eigenvalue weighted by Gasteiger charge is -2.42. The molecule has 0 unspecified atom stereocenters. The van der Waals surface area contributed by atoms with Crippen molar-refractivity contribution in [2.45, 2.75) is 229 Å². The number of unbranched alkanes of at least 4 members (excludes halogenated alkanes) is 14. The second kappa shape index (κ2) is 39.0. The molecule has 0 amide bonds. The zero-order valence-electron chi connectivity index (χ0n) is 40.6. The van der Waals surface area contributed by atoms with Crippen LogP contribution in [0.1, 0.15) is 162 Å². The van der Waals surface area contributed by atoms with Crippen LogP contribution in [0.2, 0.25) is 0 Å². The van der Waals surface area contributed by atoms with Gasteiger partial charge in [-0.15, -0.1) is 0 Å². The van der Waals surface area contributed by atoms with Crippen molar-refractivity contribution < 1.29 is 73.8 Å². The first-order chi connectivity index (χ1) is 32.5. The van der Waals surface area contributed by atoms with Gasteiger partial charge in [0.25, 0.3) is 0 Å². The molecule has 0 aliphatic carbocycles. The predicted molar refractivity (Wildman–Crippen MR) is 256 cm³/mol. The molecule has 67 heavy (non-hydrogen) atoms. The summed E-state index contributed by atoms with van der Waals surface area (Å²) < 4.78 is 33.5. The molecule has 2 aliphatic heterocycles. The summed E-state index contributed by atoms with van der Waals surface area (Å²) in [5.74, 6) is -0.961. The summed E-state index contributed by atoms with van der Waals surface area (Å²) in [6.07, 6.45) is 26.7. The molecule has 2 heterocycles. The molecule has 0 aromatic rings. The lowest BCUT2D eigenvalue weighted by molar-refractivity contribution is -0.332. The lowest BCUT2D eigenvalue weighted by atomic mass is 9.98. The smallest absolute Gasteiger partial charge is 0.306 e. The van der Waals surface area contributed by atoms with Gasteiger partial charge in [0.1, 0.15) is 55.4 Å². The fourth-order valence-corrected chi connectivity index (χ4v) is 7.55. The maximum Gasteiger partial charge on any atom is 0.306 e. The van der Waals surface area contributed by atoms with Crippen LogP contribution in [-0.2, 0) is 38.0 Å². The Bertz CT molecular complexity index is 1400. The minimum Gasteiger partial charge on any atom is -0.462 e. The van der Waals surface area contributed by atoms with Crippen molar-refractivity contribution in [2.75, 3.05) is 26.4 Å². The van der Waals surface area contributed by atoms with Crippen molar-refractivity contribution in [2.24, 2.45) is 0 Å². The third-order valence-corrected chi connectivity index (χ3v) is 11.7. The van der Waals surface area contributed by atoms with E-state index in [1.54, 1.807) is 0 Å². The second-order valence-electron chi connectivity index (χ2n) is 17.6. The molecule has 7 N–H and O–H groups in total. The standard InChI is InChI=1S/C52H88O15/c1-3-5-7-9-11-13-15-17-19-21-22-24-26-28-30-32-34-43(54)62-37-40(65-44(55)35-33-31-29-27-25-23-20-18-16-14-12-10-8-6-4-2)38-63-51-50(61)48(59)46(57)42(67-51)39-64-52-49(60)47(58)45(56)41(36-53)66-52/h6,8,11-14,17-20,40-42,45-53,56-61H,3-5,7,9-10,15-16,21-39H2,1-2H3/b8-6-,13-11-,14-12-,19-17-,20-18-/t40-,41-,42-,45+,46+,47+,48+,49-,50-,51-,52+/m1/s1. The Morgan fingerprint density at radius 3 is 1.48 bits per heavy atom. The highest BCUT2D eigenvalue weighted by Gasteiger charge is 2.47. The fraction of sp³-hybridized carbons (Fsp3) is 0.769. The van der Waals surface area contributed by atoms with Gasteiger partial charge in [-0.25, -0.2) is 0 Å². The molecule has 2 rings (SSSR count). The van der Waals surface area contributed by atoms with Crippen molar-refractivity contribution >= 4 is 11.9 Å². The zero-order chi connectivity index (χ0) is 48.9. The third-order valence-electron chi connectivity index (χ3n) is 11.7. The van der Waals surface area contributed by atoms with Crippen molar-refractivity contribution in [3.8, 4) is 0 Å². The maximum atomic E-state index is 13.0. The first-order valence-electron chi connectivity index (χ1n) is 25.4. The van der Waals surface area contributed by atoms with Crippen LogP contribution in [-0.4, -0.2) is 142 Å². The van der Waals surface area contributed by atoms with Gasteiger partial charge in [-0.05, 0) is 77.0 Å². The molecular formula is C52H88O15. The van der Waals surface area contributed by atoms with E-state index in [0.29, 0.717) is 12.8 Å². The zero-order valence-corrected chi connectivity index (χ0v) is 40.6. The summed E-state index contributed by atoms with van der Waals surface area (Å²) >= 11 is 0. The van der Waals surface area contributed by atoms with Crippen molar-refractivity contribution in [3.63, 3.8) is 0 Å². The highest BCUT2D eigenvalue weighted by molar-refractivity contribution is 5.70. The summed E-state index contributed by atoms with van der Waals surface area (Å²) in [5.41, 5.74) is 0. The number of carbonyl (C=O) groups is 2. The molecule has 15 nitrogen and oxygen atoms in total. The summed E-state index contributed by atoms with van der Waals surface area (Å²) in [5, 5.41) is 72.0. The average molecular weight is 953 g/mol. The maximum absolute atomic E-state index is 13.0. The number of carbonyl (C=O) groups excluding carboxylic acids is 2. The van der Waals surface area contributed by atoms with Gasteiger partial charge in [-0.3, -0.25) is 9.59 Å². The van der Waals surface area contributed by atoms with Gasteiger partial charge in [-0.2, -0.15) is 0 Å². The molecule has 2 fully saturated rings. The van der Waals surface area contributed by atoms with E-state index in [0.717, 1.165) is 103 Å². The van der Waals surface area contributed by atoms with E-state index in [4.69, 9.17) is 28.4 Å². The third kappa shape index (κ3) is 27.3. The second-order valence-corrected chi connectivity index (χ2v) is 17.6. The summed E-state index contributed by atoms with van der Waals surface area (Å²) in [6, 6.07) is 0. The highest BCUT2D eigenvalue weighted by Crippen LogP contribution is 2.26. The van der Waals surface area contributed by atoms with Crippen LogP contribution >= 0.6 is 0 Å². The van der Waals surface area contributed by atoms with E-state index in [-0.39, 0.29) is 19.4 Å². The van der Waals surface area contributed by atoms with E-state index in [9.17, 15) is 45.3 Å². The van der Waals surface area contributed by atoms with Crippen LogP contribution in [0.25, 0.3) is 0 Å². The number of hydrogen-bond acceptors (Lipinski definition) is 15. The van der Waals surface area contributed by atoms with Crippen LogP contribution in [0.4, 0.5) is 0 Å². The minimum absolute atomic E-state index is 0.141. The van der Waals surface area contributed by atoms with Crippen LogP contribution in [0.3, 0.4) is 0 Å². The molecule has 0 radical (unpaired) electrons. The first kappa shape index (κ1) is 60.3. The van der Waals surface area contributed by atoms with Gasteiger partial charge in [-0.1, -0.05) is 132 Å². The van der Waals surface area contributed by atoms with E-state index in [1.165, 1.54) is 19.3 Å². The number of aliphatic hydroxyl groups is 7. The average Bonchev–Trinajstić information content (AvgIpc) is 3.32. The van der Waals surface area contributed by atoms with Gasteiger partial charge in [0.15, 0.2) is 18.7 Å². The Morgan fingerprint density at radius 2 is 0.940 bits per heavy atom. The van der Waals surface area contributed by atoms with E-state index >= 15 is 0 Å². The summed E-state index contributed by atoms with van der Waals surface area (Å²) in [7, 11) is 0. The number of rotatable bonds is 38. The Hall–Kier alpha value is -2.80. The van der Waals surface area contributed by atoms with Crippen LogP contribution in [0, 0.1) is 0 Å². The normalized spacial score (nSPS) is 26.5. The quantitative estimate of drug-likeness (QED) is 0.0190. The van der Waals surface area contributed by atoms with Crippen LogP contribution in [0.5, 0.6) is 0 Å². The minimum atomic E-state index is -1.77. The van der Waals surface area contributed by atoms with E-state index in [1.807, 2.05) is 0 Å². The summed E-state index contributed by atoms with van der Waals surface area (Å²) in [6.45, 7) is 2.41. The van der Waals surface area contributed by atoms with Crippen molar-refractivity contribution in [1.82, 2.24) is 0 Å². The largest absolute Gasteiger partial charge is 0.462 e. The number of hydrogen-bond donors (Lipinski definition) is 7. The van der Waals surface area contributed by atoms with Crippen molar-refractivity contribution in [1.29, 1.82) is 0 Å². The first-order valence-corrected chi connectivity index (χ1v) is 25.4. The van der Waals surface area contributed by atoms with E-state index in [2.05, 4.69) is 74.6 Å². The monoisotopic (exact) mass is 953 g/mol. The van der Waals surface area contributed by atoms with Crippen molar-refractivity contribution in [3.05, 3.63) is 60.8 Å². The molecule has 0 aromatic heterocycles. The number of allylic oxidation sites excluding steroid dienone is 10. The molecule has 2 saturated heterocycles. The Morgan fingerprint density at radius 1 is 0.493 bits per heavy atom. The molecule has 2 aliphatic rings. The number of ether oxygens (including phenoxy) is 6. The van der Waals surface area contributed by atoms with Gasteiger partial charge in [0.2, 0.25) is 0 Å².